The normalized spacial score (nSPS) is 11.6. The molecule has 5 N–H and O–H groups in total. The van der Waals surface area contributed by atoms with Crippen LogP contribution in [0.15, 0.2) is 65.7 Å². The zero-order valence-electron chi connectivity index (χ0n) is 20.1. The van der Waals surface area contributed by atoms with E-state index in [-0.39, 0.29) is 0 Å². The fourth-order valence-corrected chi connectivity index (χ4v) is 4.09. The topological polar surface area (TPSA) is 135 Å². The molecule has 0 bridgehead atoms. The summed E-state index contributed by atoms with van der Waals surface area (Å²) in [6.07, 6.45) is 3.12. The Morgan fingerprint density at radius 1 is 1.14 bits per heavy atom. The molecule has 192 valence electrons. The summed E-state index contributed by atoms with van der Waals surface area (Å²) in [7, 11) is 1.69. The molecule has 2 aromatic carbocycles. The van der Waals surface area contributed by atoms with Gasteiger partial charge in [-0.15, -0.1) is 11.8 Å². The molecule has 1 aromatic heterocycles. The van der Waals surface area contributed by atoms with Crippen molar-refractivity contribution in [1.29, 1.82) is 0 Å². The number of anilines is 1. The van der Waals surface area contributed by atoms with Gasteiger partial charge in [-0.1, -0.05) is 23.7 Å². The zero-order valence-corrected chi connectivity index (χ0v) is 21.7. The number of rotatable bonds is 11. The number of aliphatic carboxylic acids is 2. The van der Waals surface area contributed by atoms with Gasteiger partial charge in [-0.25, -0.2) is 14.6 Å². The van der Waals surface area contributed by atoms with Gasteiger partial charge in [-0.3, -0.25) is 0 Å². The molecule has 0 aliphatic rings. The average Bonchev–Trinajstić information content (AvgIpc) is 2.86. The molecule has 1 heterocycles. The van der Waals surface area contributed by atoms with Gasteiger partial charge in [0.05, 0.1) is 23.3 Å². The smallest absolute Gasteiger partial charge is 0.328 e. The van der Waals surface area contributed by atoms with E-state index in [1.165, 1.54) is 5.56 Å². The lowest BCUT2D eigenvalue weighted by molar-refractivity contribution is -0.134. The largest absolute Gasteiger partial charge is 0.497 e. The lowest BCUT2D eigenvalue weighted by Gasteiger charge is -2.17. The summed E-state index contributed by atoms with van der Waals surface area (Å²) in [5.41, 5.74) is 8.82. The quantitative estimate of drug-likeness (QED) is 0.188. The number of carboxylic acid groups (broad SMARTS) is 2. The van der Waals surface area contributed by atoms with Crippen LogP contribution in [0.1, 0.15) is 25.3 Å². The first-order chi connectivity index (χ1) is 17.2. The van der Waals surface area contributed by atoms with E-state index in [2.05, 4.69) is 24.4 Å². The maximum atomic E-state index is 9.55. The second kappa shape index (κ2) is 15.0. The second-order valence-electron chi connectivity index (χ2n) is 7.80. The van der Waals surface area contributed by atoms with E-state index in [4.69, 9.17) is 37.3 Å². The molecule has 0 aliphatic carbocycles. The summed E-state index contributed by atoms with van der Waals surface area (Å²) in [6, 6.07) is 16.4. The van der Waals surface area contributed by atoms with Crippen LogP contribution in [0.25, 0.3) is 10.9 Å². The van der Waals surface area contributed by atoms with E-state index in [0.29, 0.717) is 24.7 Å². The minimum absolute atomic E-state index is 0.311. The van der Waals surface area contributed by atoms with E-state index in [1.807, 2.05) is 36.4 Å². The summed E-state index contributed by atoms with van der Waals surface area (Å²) in [5, 5.41) is 22.0. The molecule has 36 heavy (non-hydrogen) atoms. The molecular weight excluding hydrogens is 502 g/mol. The highest BCUT2D eigenvalue weighted by atomic mass is 35.5. The van der Waals surface area contributed by atoms with Crippen molar-refractivity contribution in [2.24, 2.45) is 5.73 Å². The van der Waals surface area contributed by atoms with Crippen molar-refractivity contribution in [2.75, 3.05) is 19.0 Å². The number of fused-ring (bicyclic) bond motifs is 1. The molecule has 0 saturated carbocycles. The number of hydrogen-bond donors (Lipinski definition) is 4. The molecule has 1 atom stereocenters. The van der Waals surface area contributed by atoms with Gasteiger partial charge in [-0.2, -0.15) is 0 Å². The van der Waals surface area contributed by atoms with E-state index >= 15 is 0 Å². The number of benzene rings is 2. The first kappa shape index (κ1) is 29.0. The van der Waals surface area contributed by atoms with Crippen LogP contribution in [-0.2, 0) is 15.3 Å². The molecule has 8 nitrogen and oxygen atoms in total. The van der Waals surface area contributed by atoms with Gasteiger partial charge in [0.15, 0.2) is 0 Å². The summed E-state index contributed by atoms with van der Waals surface area (Å²) >= 11 is 7.68. The number of aromatic nitrogens is 1. The SMILES string of the molecule is COc1cc(NC(C)CCCN)c2nc(SCc3ccc(Cl)cc3)ccc2c1.O=C(O)/C=C\C(=O)O. The summed E-state index contributed by atoms with van der Waals surface area (Å²) in [4.78, 5) is 24.0. The van der Waals surface area contributed by atoms with Gasteiger partial charge in [0, 0.05) is 40.4 Å². The van der Waals surface area contributed by atoms with Crippen molar-refractivity contribution in [1.82, 2.24) is 4.98 Å². The van der Waals surface area contributed by atoms with E-state index in [0.717, 1.165) is 51.0 Å². The molecule has 0 amide bonds. The number of thioether (sulfide) groups is 1. The lowest BCUT2D eigenvalue weighted by Crippen LogP contribution is -2.17. The first-order valence-corrected chi connectivity index (χ1v) is 12.5. The number of methoxy groups -OCH3 is 1. The fraction of sp³-hybridized carbons (Fsp3) is 0.269. The Bertz CT molecular complexity index is 1170. The number of pyridine rings is 1. The van der Waals surface area contributed by atoms with Crippen molar-refractivity contribution < 1.29 is 24.5 Å². The fourth-order valence-electron chi connectivity index (χ4n) is 3.14. The Morgan fingerprint density at radius 2 is 1.81 bits per heavy atom. The lowest BCUT2D eigenvalue weighted by atomic mass is 10.1. The second-order valence-corrected chi connectivity index (χ2v) is 9.23. The number of nitrogens with one attached hydrogen (secondary N) is 1. The minimum atomic E-state index is -1.26. The van der Waals surface area contributed by atoms with Gasteiger partial charge >= 0.3 is 11.9 Å². The van der Waals surface area contributed by atoms with Crippen LogP contribution in [0.3, 0.4) is 0 Å². The van der Waals surface area contributed by atoms with Crippen LogP contribution < -0.4 is 15.8 Å². The van der Waals surface area contributed by atoms with Crippen molar-refractivity contribution in [3.05, 3.63) is 71.3 Å². The summed E-state index contributed by atoms with van der Waals surface area (Å²) in [6.45, 7) is 2.87. The number of hydrogen-bond acceptors (Lipinski definition) is 7. The summed E-state index contributed by atoms with van der Waals surface area (Å²) in [5.74, 6) is -0.842. The molecule has 0 aliphatic heterocycles. The molecule has 1 unspecified atom stereocenters. The third kappa shape index (κ3) is 10.2. The van der Waals surface area contributed by atoms with Crippen LogP contribution in [0.2, 0.25) is 5.02 Å². The molecule has 3 rings (SSSR count). The van der Waals surface area contributed by atoms with Gasteiger partial charge < -0.3 is 26.0 Å². The van der Waals surface area contributed by atoms with E-state index in [1.54, 1.807) is 18.9 Å². The van der Waals surface area contributed by atoms with Crippen LogP contribution in [0.4, 0.5) is 5.69 Å². The van der Waals surface area contributed by atoms with Crippen molar-refractivity contribution >= 4 is 51.9 Å². The molecule has 10 heteroatoms. The Hall–Kier alpha value is -3.27. The summed E-state index contributed by atoms with van der Waals surface area (Å²) < 4.78 is 5.47. The Morgan fingerprint density at radius 3 is 2.39 bits per heavy atom. The number of carbonyl (C=O) groups is 2. The van der Waals surface area contributed by atoms with Crippen molar-refractivity contribution in [3.63, 3.8) is 0 Å². The van der Waals surface area contributed by atoms with Crippen LogP contribution in [0, 0.1) is 0 Å². The van der Waals surface area contributed by atoms with Gasteiger partial charge in [0.1, 0.15) is 5.75 Å². The number of nitrogens with zero attached hydrogens (tertiary/aromatic N) is 1. The van der Waals surface area contributed by atoms with Crippen LogP contribution in [-0.4, -0.2) is 46.8 Å². The third-order valence-electron chi connectivity index (χ3n) is 4.89. The van der Waals surface area contributed by atoms with Crippen molar-refractivity contribution in [3.8, 4) is 5.75 Å². The third-order valence-corrected chi connectivity index (χ3v) is 6.14. The maximum Gasteiger partial charge on any atom is 0.328 e. The molecule has 0 spiro atoms. The van der Waals surface area contributed by atoms with Gasteiger partial charge in [0.2, 0.25) is 0 Å². The molecule has 3 aromatic rings. The molecular formula is C26H30ClN3O5S. The van der Waals surface area contributed by atoms with Gasteiger partial charge in [0.25, 0.3) is 0 Å². The van der Waals surface area contributed by atoms with E-state index in [9.17, 15) is 9.59 Å². The minimum Gasteiger partial charge on any atom is -0.497 e. The van der Waals surface area contributed by atoms with Crippen LogP contribution in [0.5, 0.6) is 5.75 Å². The van der Waals surface area contributed by atoms with Crippen molar-refractivity contribution in [2.45, 2.75) is 36.6 Å². The predicted molar refractivity (Wildman–Crippen MR) is 145 cm³/mol. The van der Waals surface area contributed by atoms with Gasteiger partial charge in [-0.05, 0) is 62.2 Å². The average molecular weight is 532 g/mol. The predicted octanol–water partition coefficient (Wildman–Crippen LogP) is 5.44. The highest BCUT2D eigenvalue weighted by Crippen LogP contribution is 2.32. The molecule has 0 radical (unpaired) electrons. The Labute approximate surface area is 219 Å². The highest BCUT2D eigenvalue weighted by Gasteiger charge is 2.11. The number of halogens is 1. The molecule has 0 fully saturated rings. The maximum absolute atomic E-state index is 9.55. The Kier molecular flexibility index (Phi) is 12.0. The Balaban J connectivity index is 0.000000493. The van der Waals surface area contributed by atoms with E-state index < -0.39 is 11.9 Å². The first-order valence-electron chi connectivity index (χ1n) is 11.2. The number of carboxylic acids is 2. The number of nitrogens with two attached hydrogens (primary N) is 1. The standard InChI is InChI=1S/C22H26ClN3OS.C4H4O4/c1-15(4-3-11-24)25-20-13-19(27-2)12-17-7-10-21(26-22(17)20)28-14-16-5-8-18(23)9-6-16;5-3(6)1-2-4(7)8/h5-10,12-13,15,25H,3-4,11,14,24H2,1-2H3;1-2H,(H,5,6)(H,7,8)/b;2-1-. The number of ether oxygens (including phenoxy) is 1. The van der Waals surface area contributed by atoms with Crippen LogP contribution >= 0.6 is 23.4 Å². The monoisotopic (exact) mass is 531 g/mol. The highest BCUT2D eigenvalue weighted by molar-refractivity contribution is 7.98. The molecule has 0 saturated heterocycles. The zero-order chi connectivity index (χ0) is 26.5.